The first-order valence-electron chi connectivity index (χ1n) is 5.41. The van der Waals surface area contributed by atoms with Crippen molar-refractivity contribution in [3.05, 3.63) is 28.8 Å². The molecule has 1 aromatic carbocycles. The summed E-state index contributed by atoms with van der Waals surface area (Å²) < 4.78 is 0. The standard InChI is InChI=1S/C12H16N2O2/c1-8-6-9(2)11(13)7-10(8)12(15)14-4-3-5-16-14/h6-7H,3-5,13H2,1-2H3. The number of carbonyl (C=O) groups excluding carboxylic acids is 1. The van der Waals surface area contributed by atoms with Gasteiger partial charge in [-0.05, 0) is 37.5 Å². The van der Waals surface area contributed by atoms with Crippen molar-refractivity contribution in [3.8, 4) is 0 Å². The number of anilines is 1. The van der Waals surface area contributed by atoms with Crippen LogP contribution in [0.25, 0.3) is 0 Å². The van der Waals surface area contributed by atoms with Crippen molar-refractivity contribution >= 4 is 11.6 Å². The normalized spacial score (nSPS) is 15.5. The lowest BCUT2D eigenvalue weighted by atomic mass is 10.0. The van der Waals surface area contributed by atoms with Crippen molar-refractivity contribution < 1.29 is 9.63 Å². The molecule has 0 saturated carbocycles. The van der Waals surface area contributed by atoms with Crippen LogP contribution in [0.4, 0.5) is 5.69 Å². The zero-order chi connectivity index (χ0) is 11.7. The van der Waals surface area contributed by atoms with Crippen molar-refractivity contribution in [2.75, 3.05) is 18.9 Å². The average molecular weight is 220 g/mol. The Bertz CT molecular complexity index is 423. The highest BCUT2D eigenvalue weighted by molar-refractivity contribution is 5.96. The first-order chi connectivity index (χ1) is 7.59. The van der Waals surface area contributed by atoms with E-state index >= 15 is 0 Å². The van der Waals surface area contributed by atoms with E-state index in [4.69, 9.17) is 10.6 Å². The summed E-state index contributed by atoms with van der Waals surface area (Å²) in [7, 11) is 0. The largest absolute Gasteiger partial charge is 0.398 e. The van der Waals surface area contributed by atoms with E-state index in [0.29, 0.717) is 24.4 Å². The van der Waals surface area contributed by atoms with Crippen molar-refractivity contribution in [1.29, 1.82) is 0 Å². The van der Waals surface area contributed by atoms with Crippen LogP contribution in [0, 0.1) is 13.8 Å². The maximum absolute atomic E-state index is 12.1. The smallest absolute Gasteiger partial charge is 0.277 e. The second-order valence-corrected chi connectivity index (χ2v) is 4.12. The number of amides is 1. The molecule has 1 fully saturated rings. The van der Waals surface area contributed by atoms with Crippen molar-refractivity contribution in [2.24, 2.45) is 0 Å². The molecule has 0 atom stereocenters. The molecule has 0 spiro atoms. The van der Waals surface area contributed by atoms with Crippen LogP contribution in [0.5, 0.6) is 0 Å². The minimum atomic E-state index is -0.0956. The second-order valence-electron chi connectivity index (χ2n) is 4.12. The van der Waals surface area contributed by atoms with Crippen LogP contribution in [0.3, 0.4) is 0 Å². The van der Waals surface area contributed by atoms with E-state index < -0.39 is 0 Å². The molecule has 16 heavy (non-hydrogen) atoms. The number of carbonyl (C=O) groups is 1. The number of nitrogen functional groups attached to an aromatic ring is 1. The minimum absolute atomic E-state index is 0.0956. The number of nitrogens with zero attached hydrogens (tertiary/aromatic N) is 1. The third-order valence-corrected chi connectivity index (χ3v) is 2.82. The van der Waals surface area contributed by atoms with Crippen LogP contribution in [0.1, 0.15) is 27.9 Å². The first-order valence-corrected chi connectivity index (χ1v) is 5.41. The van der Waals surface area contributed by atoms with Crippen LogP contribution >= 0.6 is 0 Å². The second kappa shape index (κ2) is 4.14. The number of aryl methyl sites for hydroxylation is 2. The molecule has 0 aliphatic carbocycles. The molecule has 0 bridgehead atoms. The highest BCUT2D eigenvalue weighted by atomic mass is 16.7. The summed E-state index contributed by atoms with van der Waals surface area (Å²) in [5.74, 6) is -0.0956. The molecule has 1 aromatic rings. The maximum Gasteiger partial charge on any atom is 0.277 e. The van der Waals surface area contributed by atoms with Gasteiger partial charge in [0.25, 0.3) is 5.91 Å². The number of hydrogen-bond acceptors (Lipinski definition) is 3. The molecule has 1 heterocycles. The van der Waals surface area contributed by atoms with E-state index in [9.17, 15) is 4.79 Å². The molecule has 4 heteroatoms. The van der Waals surface area contributed by atoms with E-state index in [2.05, 4.69) is 0 Å². The SMILES string of the molecule is Cc1cc(C)c(C(=O)N2CCCO2)cc1N. The minimum Gasteiger partial charge on any atom is -0.398 e. The molecule has 1 amide bonds. The Morgan fingerprint density at radius 1 is 1.38 bits per heavy atom. The molecule has 0 unspecified atom stereocenters. The third-order valence-electron chi connectivity index (χ3n) is 2.82. The number of benzene rings is 1. The lowest BCUT2D eigenvalue weighted by molar-refractivity contribution is -0.0768. The van der Waals surface area contributed by atoms with Gasteiger partial charge in [0.05, 0.1) is 13.2 Å². The Labute approximate surface area is 94.9 Å². The number of nitrogens with two attached hydrogens (primary N) is 1. The molecule has 1 aliphatic heterocycles. The van der Waals surface area contributed by atoms with Crippen LogP contribution in [-0.2, 0) is 4.84 Å². The van der Waals surface area contributed by atoms with Gasteiger partial charge in [0.15, 0.2) is 0 Å². The van der Waals surface area contributed by atoms with Gasteiger partial charge in [-0.3, -0.25) is 9.63 Å². The monoisotopic (exact) mass is 220 g/mol. The van der Waals surface area contributed by atoms with Crippen molar-refractivity contribution in [1.82, 2.24) is 5.06 Å². The Kier molecular flexibility index (Phi) is 2.83. The first kappa shape index (κ1) is 11.0. The summed E-state index contributed by atoms with van der Waals surface area (Å²) in [5, 5.41) is 1.41. The van der Waals surface area contributed by atoms with Gasteiger partial charge >= 0.3 is 0 Å². The Balaban J connectivity index is 2.32. The molecule has 4 nitrogen and oxygen atoms in total. The molecular weight excluding hydrogens is 204 g/mol. The zero-order valence-electron chi connectivity index (χ0n) is 9.62. The molecule has 2 rings (SSSR count). The molecule has 0 radical (unpaired) electrons. The fourth-order valence-corrected chi connectivity index (χ4v) is 1.84. The lowest BCUT2D eigenvalue weighted by Crippen LogP contribution is -2.27. The fourth-order valence-electron chi connectivity index (χ4n) is 1.84. The van der Waals surface area contributed by atoms with Crippen molar-refractivity contribution in [2.45, 2.75) is 20.3 Å². The van der Waals surface area contributed by atoms with Gasteiger partial charge in [-0.25, -0.2) is 5.06 Å². The van der Waals surface area contributed by atoms with Crippen LogP contribution in [0.2, 0.25) is 0 Å². The molecule has 1 aliphatic rings. The van der Waals surface area contributed by atoms with E-state index in [-0.39, 0.29) is 5.91 Å². The summed E-state index contributed by atoms with van der Waals surface area (Å²) in [6.07, 6.45) is 0.895. The maximum atomic E-state index is 12.1. The fraction of sp³-hybridized carbons (Fsp3) is 0.417. The van der Waals surface area contributed by atoms with E-state index in [0.717, 1.165) is 17.5 Å². The van der Waals surface area contributed by atoms with Gasteiger partial charge < -0.3 is 5.73 Å². The quantitative estimate of drug-likeness (QED) is 0.732. The topological polar surface area (TPSA) is 55.6 Å². The van der Waals surface area contributed by atoms with Gasteiger partial charge in [0.2, 0.25) is 0 Å². The number of hydrogen-bond donors (Lipinski definition) is 1. The Morgan fingerprint density at radius 3 is 2.75 bits per heavy atom. The Hall–Kier alpha value is -1.55. The van der Waals surface area contributed by atoms with Gasteiger partial charge in [0, 0.05) is 11.3 Å². The molecule has 86 valence electrons. The number of hydroxylamine groups is 2. The predicted octanol–water partition coefficient (Wildman–Crippen LogP) is 1.66. The third kappa shape index (κ3) is 1.88. The van der Waals surface area contributed by atoms with Crippen LogP contribution in [0.15, 0.2) is 12.1 Å². The van der Waals surface area contributed by atoms with E-state index in [1.807, 2.05) is 19.9 Å². The van der Waals surface area contributed by atoms with Gasteiger partial charge in [-0.1, -0.05) is 6.07 Å². The summed E-state index contributed by atoms with van der Waals surface area (Å²) in [4.78, 5) is 17.3. The number of rotatable bonds is 1. The van der Waals surface area contributed by atoms with Gasteiger partial charge in [-0.2, -0.15) is 0 Å². The van der Waals surface area contributed by atoms with E-state index in [1.165, 1.54) is 5.06 Å². The molecular formula is C12H16N2O2. The highest BCUT2D eigenvalue weighted by Gasteiger charge is 2.22. The highest BCUT2D eigenvalue weighted by Crippen LogP contribution is 2.20. The van der Waals surface area contributed by atoms with Crippen LogP contribution in [-0.4, -0.2) is 24.1 Å². The lowest BCUT2D eigenvalue weighted by Gasteiger charge is -2.16. The molecule has 2 N–H and O–H groups in total. The summed E-state index contributed by atoms with van der Waals surface area (Å²) in [6.45, 7) is 5.12. The van der Waals surface area contributed by atoms with Gasteiger partial charge in [-0.15, -0.1) is 0 Å². The average Bonchev–Trinajstić information content (AvgIpc) is 2.75. The zero-order valence-corrected chi connectivity index (χ0v) is 9.62. The van der Waals surface area contributed by atoms with E-state index in [1.54, 1.807) is 6.07 Å². The summed E-state index contributed by atoms with van der Waals surface area (Å²) >= 11 is 0. The van der Waals surface area contributed by atoms with Gasteiger partial charge in [0.1, 0.15) is 0 Å². The predicted molar refractivity (Wildman–Crippen MR) is 61.9 cm³/mol. The summed E-state index contributed by atoms with van der Waals surface area (Å²) in [5.41, 5.74) is 9.02. The molecule has 1 saturated heterocycles. The molecule has 0 aromatic heterocycles. The summed E-state index contributed by atoms with van der Waals surface area (Å²) in [6, 6.07) is 3.66. The van der Waals surface area contributed by atoms with Crippen LogP contribution < -0.4 is 5.73 Å². The van der Waals surface area contributed by atoms with Crippen molar-refractivity contribution in [3.63, 3.8) is 0 Å². The Morgan fingerprint density at radius 2 is 2.12 bits per heavy atom.